The first-order chi connectivity index (χ1) is 6.58. The third kappa shape index (κ3) is 4.07. The molecule has 0 spiro atoms. The number of aliphatic hydroxyl groups is 2. The minimum atomic E-state index is -0.411. The van der Waals surface area contributed by atoms with Gasteiger partial charge in [0, 0.05) is 13.0 Å². The second-order valence-corrected chi connectivity index (χ2v) is 4.18. The van der Waals surface area contributed by atoms with Crippen LogP contribution in [0.1, 0.15) is 32.6 Å². The van der Waals surface area contributed by atoms with E-state index in [4.69, 9.17) is 10.2 Å². The lowest BCUT2D eigenvalue weighted by atomic mass is 9.82. The molecule has 1 atom stereocenters. The maximum atomic E-state index is 11.2. The molecule has 0 saturated heterocycles. The van der Waals surface area contributed by atoms with E-state index in [2.05, 4.69) is 5.32 Å². The van der Waals surface area contributed by atoms with Crippen LogP contribution in [0.4, 0.5) is 0 Å². The Morgan fingerprint density at radius 1 is 1.57 bits per heavy atom. The second-order valence-electron chi connectivity index (χ2n) is 4.18. The molecule has 0 aromatic heterocycles. The average molecular weight is 201 g/mol. The van der Waals surface area contributed by atoms with Crippen LogP contribution in [0.2, 0.25) is 0 Å². The first-order valence-electron chi connectivity index (χ1n) is 5.20. The van der Waals surface area contributed by atoms with Crippen molar-refractivity contribution in [3.63, 3.8) is 0 Å². The van der Waals surface area contributed by atoms with Gasteiger partial charge in [-0.05, 0) is 32.1 Å². The SMILES string of the molecule is CC(O)CCC(=O)NCC1CC(O)C1. The molecule has 4 heteroatoms. The average Bonchev–Trinajstić information content (AvgIpc) is 2.07. The largest absolute Gasteiger partial charge is 0.393 e. The smallest absolute Gasteiger partial charge is 0.220 e. The molecule has 4 nitrogen and oxygen atoms in total. The molecule has 0 aromatic carbocycles. The molecule has 1 saturated carbocycles. The predicted molar refractivity (Wildman–Crippen MR) is 52.7 cm³/mol. The Balaban J connectivity index is 1.98. The fourth-order valence-electron chi connectivity index (χ4n) is 1.55. The molecule has 1 aliphatic carbocycles. The van der Waals surface area contributed by atoms with Gasteiger partial charge in [-0.2, -0.15) is 0 Å². The van der Waals surface area contributed by atoms with Gasteiger partial charge in [-0.15, -0.1) is 0 Å². The second kappa shape index (κ2) is 5.32. The van der Waals surface area contributed by atoms with Crippen LogP contribution in [0.15, 0.2) is 0 Å². The van der Waals surface area contributed by atoms with E-state index < -0.39 is 6.10 Å². The summed E-state index contributed by atoms with van der Waals surface area (Å²) < 4.78 is 0. The van der Waals surface area contributed by atoms with Crippen molar-refractivity contribution in [2.75, 3.05) is 6.54 Å². The maximum absolute atomic E-state index is 11.2. The molecule has 1 amide bonds. The summed E-state index contributed by atoms with van der Waals surface area (Å²) in [6.45, 7) is 2.34. The first kappa shape index (κ1) is 11.5. The zero-order chi connectivity index (χ0) is 10.6. The molecule has 0 heterocycles. The minimum Gasteiger partial charge on any atom is -0.393 e. The summed E-state index contributed by atoms with van der Waals surface area (Å²) in [5.41, 5.74) is 0. The molecule has 1 fully saturated rings. The van der Waals surface area contributed by atoms with E-state index >= 15 is 0 Å². The Kier molecular flexibility index (Phi) is 4.35. The summed E-state index contributed by atoms with van der Waals surface area (Å²) in [6.07, 6.45) is 1.93. The van der Waals surface area contributed by atoms with Crippen molar-refractivity contribution in [1.82, 2.24) is 5.32 Å². The number of nitrogens with one attached hydrogen (secondary N) is 1. The number of aliphatic hydroxyl groups excluding tert-OH is 2. The van der Waals surface area contributed by atoms with Gasteiger partial charge >= 0.3 is 0 Å². The third-order valence-electron chi connectivity index (χ3n) is 2.59. The molecule has 1 aliphatic rings. The minimum absolute atomic E-state index is 0.00714. The lowest BCUT2D eigenvalue weighted by Gasteiger charge is -2.31. The Hall–Kier alpha value is -0.610. The molecule has 0 aliphatic heterocycles. The van der Waals surface area contributed by atoms with Crippen molar-refractivity contribution in [2.24, 2.45) is 5.92 Å². The van der Waals surface area contributed by atoms with E-state index in [-0.39, 0.29) is 12.0 Å². The zero-order valence-corrected chi connectivity index (χ0v) is 8.57. The van der Waals surface area contributed by atoms with Gasteiger partial charge in [0.15, 0.2) is 0 Å². The Morgan fingerprint density at radius 2 is 2.21 bits per heavy atom. The number of carbonyl (C=O) groups is 1. The summed E-state index contributed by atoms with van der Waals surface area (Å²) in [5, 5.41) is 20.8. The molecule has 14 heavy (non-hydrogen) atoms. The molecule has 1 unspecified atom stereocenters. The molecule has 82 valence electrons. The highest BCUT2D eigenvalue weighted by molar-refractivity contribution is 5.75. The van der Waals surface area contributed by atoms with E-state index in [0.717, 1.165) is 12.8 Å². The van der Waals surface area contributed by atoms with E-state index in [1.807, 2.05) is 0 Å². The molecule has 0 bridgehead atoms. The Labute approximate surface area is 84.3 Å². The summed E-state index contributed by atoms with van der Waals surface area (Å²) in [5.74, 6) is 0.438. The topological polar surface area (TPSA) is 69.6 Å². The van der Waals surface area contributed by atoms with Crippen LogP contribution in [0, 0.1) is 5.92 Å². The first-order valence-corrected chi connectivity index (χ1v) is 5.20. The van der Waals surface area contributed by atoms with Crippen LogP contribution in [0.25, 0.3) is 0 Å². The van der Waals surface area contributed by atoms with Crippen LogP contribution in [0.3, 0.4) is 0 Å². The molecule has 3 N–H and O–H groups in total. The van der Waals surface area contributed by atoms with Gasteiger partial charge in [0.25, 0.3) is 0 Å². The third-order valence-corrected chi connectivity index (χ3v) is 2.59. The number of amides is 1. The molecule has 1 rings (SSSR count). The van der Waals surface area contributed by atoms with Crippen molar-refractivity contribution < 1.29 is 15.0 Å². The highest BCUT2D eigenvalue weighted by Gasteiger charge is 2.26. The maximum Gasteiger partial charge on any atom is 0.220 e. The summed E-state index contributed by atoms with van der Waals surface area (Å²) in [4.78, 5) is 11.2. The van der Waals surface area contributed by atoms with Crippen molar-refractivity contribution in [3.05, 3.63) is 0 Å². The summed E-state index contributed by atoms with van der Waals surface area (Å²) >= 11 is 0. The van der Waals surface area contributed by atoms with Crippen LogP contribution >= 0.6 is 0 Å². The van der Waals surface area contributed by atoms with Gasteiger partial charge in [-0.25, -0.2) is 0 Å². The van der Waals surface area contributed by atoms with Gasteiger partial charge in [0.2, 0.25) is 5.91 Å². The van der Waals surface area contributed by atoms with Gasteiger partial charge < -0.3 is 15.5 Å². The summed E-state index contributed by atoms with van der Waals surface area (Å²) in [7, 11) is 0. The standard InChI is InChI=1S/C10H19NO3/c1-7(12)2-3-10(14)11-6-8-4-9(13)5-8/h7-9,12-13H,2-6H2,1H3,(H,11,14). The fourth-order valence-corrected chi connectivity index (χ4v) is 1.55. The lowest BCUT2D eigenvalue weighted by Crippen LogP contribution is -2.38. The van der Waals surface area contributed by atoms with Gasteiger partial charge in [0.05, 0.1) is 12.2 Å². The number of carbonyl (C=O) groups excluding carboxylic acids is 1. The lowest BCUT2D eigenvalue weighted by molar-refractivity contribution is -0.122. The highest BCUT2D eigenvalue weighted by atomic mass is 16.3. The van der Waals surface area contributed by atoms with Gasteiger partial charge in [-0.3, -0.25) is 4.79 Å². The highest BCUT2D eigenvalue weighted by Crippen LogP contribution is 2.25. The number of rotatable bonds is 5. The predicted octanol–water partition coefficient (Wildman–Crippen LogP) is 0.0345. The molecule has 0 radical (unpaired) electrons. The Morgan fingerprint density at radius 3 is 2.71 bits per heavy atom. The van der Waals surface area contributed by atoms with E-state index in [1.165, 1.54) is 0 Å². The van der Waals surface area contributed by atoms with Crippen molar-refractivity contribution in [1.29, 1.82) is 0 Å². The quantitative estimate of drug-likeness (QED) is 0.588. The van der Waals surface area contributed by atoms with Gasteiger partial charge in [-0.1, -0.05) is 0 Å². The van der Waals surface area contributed by atoms with E-state index in [0.29, 0.717) is 25.3 Å². The van der Waals surface area contributed by atoms with Crippen LogP contribution in [-0.2, 0) is 4.79 Å². The molecular weight excluding hydrogens is 182 g/mol. The zero-order valence-electron chi connectivity index (χ0n) is 8.57. The van der Waals surface area contributed by atoms with Crippen molar-refractivity contribution in [3.8, 4) is 0 Å². The number of hydrogen-bond acceptors (Lipinski definition) is 3. The fraction of sp³-hybridized carbons (Fsp3) is 0.900. The molecular formula is C10H19NO3. The van der Waals surface area contributed by atoms with Crippen LogP contribution in [0.5, 0.6) is 0 Å². The van der Waals surface area contributed by atoms with Crippen molar-refractivity contribution >= 4 is 5.91 Å². The summed E-state index contributed by atoms with van der Waals surface area (Å²) in [6, 6.07) is 0. The van der Waals surface area contributed by atoms with E-state index in [1.54, 1.807) is 6.92 Å². The Bertz CT molecular complexity index is 188. The van der Waals surface area contributed by atoms with Crippen LogP contribution in [-0.4, -0.2) is 34.9 Å². The van der Waals surface area contributed by atoms with Gasteiger partial charge in [0.1, 0.15) is 0 Å². The van der Waals surface area contributed by atoms with E-state index in [9.17, 15) is 4.79 Å². The van der Waals surface area contributed by atoms with Crippen molar-refractivity contribution in [2.45, 2.75) is 44.8 Å². The normalized spacial score (nSPS) is 27.9. The molecule has 0 aromatic rings. The number of hydrogen-bond donors (Lipinski definition) is 3. The van der Waals surface area contributed by atoms with Crippen LogP contribution < -0.4 is 5.32 Å². The monoisotopic (exact) mass is 201 g/mol.